The highest BCUT2D eigenvalue weighted by molar-refractivity contribution is 6.34. The number of aryl methyl sites for hydroxylation is 1. The first-order chi connectivity index (χ1) is 15.5. The number of anilines is 2. The molecule has 0 saturated heterocycles. The number of nitrogens with zero attached hydrogens (tertiary/aromatic N) is 3. The van der Waals surface area contributed by atoms with Gasteiger partial charge in [0.2, 0.25) is 0 Å². The van der Waals surface area contributed by atoms with E-state index in [0.717, 1.165) is 5.56 Å². The second-order valence-corrected chi connectivity index (χ2v) is 7.65. The summed E-state index contributed by atoms with van der Waals surface area (Å²) in [6, 6.07) is 14.5. The van der Waals surface area contributed by atoms with E-state index in [1.807, 2.05) is 37.3 Å². The smallest absolute Gasteiger partial charge is 0.262 e. The highest BCUT2D eigenvalue weighted by Crippen LogP contribution is 2.37. The van der Waals surface area contributed by atoms with E-state index in [1.54, 1.807) is 29.1 Å². The standard InChI is InChI=1S/C23H18ClN5O3/c1-2-29-22-15(11-25-29)14(8-17(27-22)13-6-4-3-5-7-13)23(31)28-18-10-20-19(9-16(18)24)26-21(30)12-32-20/h3-11H,2,12H2,1H3,(H,26,30)(H,28,31). The summed E-state index contributed by atoms with van der Waals surface area (Å²) in [5.74, 6) is -0.175. The monoisotopic (exact) mass is 447 g/mol. The second kappa shape index (κ2) is 7.97. The van der Waals surface area contributed by atoms with Gasteiger partial charge >= 0.3 is 0 Å². The van der Waals surface area contributed by atoms with Crippen molar-refractivity contribution in [3.63, 3.8) is 0 Å². The zero-order valence-corrected chi connectivity index (χ0v) is 17.8. The lowest BCUT2D eigenvalue weighted by Gasteiger charge is -2.19. The zero-order chi connectivity index (χ0) is 22.2. The molecule has 0 aliphatic carbocycles. The maximum atomic E-state index is 13.3. The molecule has 0 spiro atoms. The van der Waals surface area contributed by atoms with Gasteiger partial charge in [-0.05, 0) is 19.1 Å². The van der Waals surface area contributed by atoms with Gasteiger partial charge in [-0.15, -0.1) is 0 Å². The van der Waals surface area contributed by atoms with Gasteiger partial charge < -0.3 is 15.4 Å². The van der Waals surface area contributed by atoms with Crippen LogP contribution in [0, 0.1) is 0 Å². The Bertz CT molecular complexity index is 1370. The van der Waals surface area contributed by atoms with Gasteiger partial charge in [-0.2, -0.15) is 5.10 Å². The Morgan fingerprint density at radius 1 is 1.25 bits per heavy atom. The Hall–Kier alpha value is -3.91. The number of carbonyl (C=O) groups excluding carboxylic acids is 2. The highest BCUT2D eigenvalue weighted by Gasteiger charge is 2.21. The lowest BCUT2D eigenvalue weighted by Crippen LogP contribution is -2.25. The fraction of sp³-hybridized carbons (Fsp3) is 0.130. The maximum absolute atomic E-state index is 13.3. The summed E-state index contributed by atoms with van der Waals surface area (Å²) in [5.41, 5.74) is 3.45. The largest absolute Gasteiger partial charge is 0.482 e. The van der Waals surface area contributed by atoms with E-state index in [4.69, 9.17) is 21.3 Å². The van der Waals surface area contributed by atoms with Crippen LogP contribution < -0.4 is 15.4 Å². The number of carbonyl (C=O) groups is 2. The molecule has 9 heteroatoms. The number of ether oxygens (including phenoxy) is 1. The van der Waals surface area contributed by atoms with Crippen LogP contribution in [0.2, 0.25) is 5.02 Å². The molecule has 1 aliphatic heterocycles. The average Bonchev–Trinajstić information content (AvgIpc) is 3.22. The van der Waals surface area contributed by atoms with Crippen LogP contribution >= 0.6 is 11.6 Å². The average molecular weight is 448 g/mol. The van der Waals surface area contributed by atoms with Gasteiger partial charge in [-0.1, -0.05) is 41.9 Å². The molecule has 160 valence electrons. The summed E-state index contributed by atoms with van der Waals surface area (Å²) in [4.78, 5) is 29.6. The first-order valence-corrected chi connectivity index (χ1v) is 10.4. The number of nitrogens with one attached hydrogen (secondary N) is 2. The third-order valence-corrected chi connectivity index (χ3v) is 5.49. The minimum atomic E-state index is -0.355. The van der Waals surface area contributed by atoms with Crippen LogP contribution in [-0.2, 0) is 11.3 Å². The molecule has 0 radical (unpaired) electrons. The van der Waals surface area contributed by atoms with E-state index in [-0.39, 0.29) is 23.4 Å². The third-order valence-electron chi connectivity index (χ3n) is 5.17. The minimum Gasteiger partial charge on any atom is -0.482 e. The van der Waals surface area contributed by atoms with Crippen LogP contribution in [0.5, 0.6) is 5.75 Å². The molecule has 32 heavy (non-hydrogen) atoms. The van der Waals surface area contributed by atoms with E-state index < -0.39 is 0 Å². The van der Waals surface area contributed by atoms with Gasteiger partial charge in [0, 0.05) is 18.2 Å². The molecule has 1 aliphatic rings. The molecule has 0 fully saturated rings. The lowest BCUT2D eigenvalue weighted by atomic mass is 10.1. The summed E-state index contributed by atoms with van der Waals surface area (Å²) >= 11 is 6.36. The molecule has 2 N–H and O–H groups in total. The van der Waals surface area contributed by atoms with Crippen LogP contribution in [0.15, 0.2) is 54.7 Å². The fourth-order valence-electron chi connectivity index (χ4n) is 3.61. The van der Waals surface area contributed by atoms with Gasteiger partial charge in [-0.3, -0.25) is 9.59 Å². The van der Waals surface area contributed by atoms with Crippen LogP contribution in [-0.4, -0.2) is 33.2 Å². The lowest BCUT2D eigenvalue weighted by molar-refractivity contribution is -0.118. The van der Waals surface area contributed by atoms with E-state index in [0.29, 0.717) is 46.0 Å². The van der Waals surface area contributed by atoms with Crippen molar-refractivity contribution in [2.24, 2.45) is 0 Å². The van der Waals surface area contributed by atoms with Crippen molar-refractivity contribution < 1.29 is 14.3 Å². The third kappa shape index (κ3) is 3.54. The predicted molar refractivity (Wildman–Crippen MR) is 122 cm³/mol. The Morgan fingerprint density at radius 3 is 2.84 bits per heavy atom. The number of hydrogen-bond donors (Lipinski definition) is 2. The van der Waals surface area contributed by atoms with E-state index in [2.05, 4.69) is 15.7 Å². The van der Waals surface area contributed by atoms with Crippen molar-refractivity contribution in [1.82, 2.24) is 14.8 Å². The van der Waals surface area contributed by atoms with Gasteiger partial charge in [0.15, 0.2) is 12.3 Å². The Balaban J connectivity index is 1.56. The first-order valence-electron chi connectivity index (χ1n) is 10.0. The number of aromatic nitrogens is 3. The molecule has 5 rings (SSSR count). The number of fused-ring (bicyclic) bond motifs is 2. The first kappa shape index (κ1) is 20.0. The molecule has 0 unspecified atom stereocenters. The molecule has 2 amide bonds. The summed E-state index contributed by atoms with van der Waals surface area (Å²) in [6.07, 6.45) is 1.64. The zero-order valence-electron chi connectivity index (χ0n) is 17.1. The number of amides is 2. The Kier molecular flexibility index (Phi) is 4.99. The maximum Gasteiger partial charge on any atom is 0.262 e. The molecule has 2 aromatic carbocycles. The number of rotatable bonds is 4. The molecular weight excluding hydrogens is 430 g/mol. The van der Waals surface area contributed by atoms with E-state index in [1.165, 1.54) is 0 Å². The van der Waals surface area contributed by atoms with Gasteiger partial charge in [0.25, 0.3) is 11.8 Å². The molecule has 0 bridgehead atoms. The Labute approximate surface area is 188 Å². The Morgan fingerprint density at radius 2 is 2.06 bits per heavy atom. The molecule has 0 saturated carbocycles. The summed E-state index contributed by atoms with van der Waals surface area (Å²) in [5, 5.41) is 10.8. The van der Waals surface area contributed by atoms with Crippen molar-refractivity contribution in [1.29, 1.82) is 0 Å². The van der Waals surface area contributed by atoms with Crippen LogP contribution in [0.3, 0.4) is 0 Å². The molecular formula is C23H18ClN5O3. The summed E-state index contributed by atoms with van der Waals surface area (Å²) in [6.45, 7) is 2.49. The normalized spacial score (nSPS) is 12.8. The van der Waals surface area contributed by atoms with Gasteiger partial charge in [-0.25, -0.2) is 9.67 Å². The van der Waals surface area contributed by atoms with Crippen LogP contribution in [0.25, 0.3) is 22.3 Å². The SMILES string of the molecule is CCn1ncc2c(C(=O)Nc3cc4c(cc3Cl)NC(=O)CO4)cc(-c3ccccc3)nc21. The molecule has 4 aromatic rings. The number of benzene rings is 2. The van der Waals surface area contributed by atoms with Gasteiger partial charge in [0.05, 0.1) is 39.2 Å². The number of pyridine rings is 1. The van der Waals surface area contributed by atoms with Gasteiger partial charge in [0.1, 0.15) is 5.75 Å². The van der Waals surface area contributed by atoms with Crippen molar-refractivity contribution >= 4 is 45.8 Å². The molecule has 2 aromatic heterocycles. The van der Waals surface area contributed by atoms with Crippen LogP contribution in [0.1, 0.15) is 17.3 Å². The van der Waals surface area contributed by atoms with Crippen LogP contribution in [0.4, 0.5) is 11.4 Å². The topological polar surface area (TPSA) is 98.1 Å². The fourth-order valence-corrected chi connectivity index (χ4v) is 3.82. The number of halogens is 1. The number of hydrogen-bond acceptors (Lipinski definition) is 5. The van der Waals surface area contributed by atoms with E-state index in [9.17, 15) is 9.59 Å². The molecule has 3 heterocycles. The van der Waals surface area contributed by atoms with Crippen molar-refractivity contribution in [2.75, 3.05) is 17.2 Å². The second-order valence-electron chi connectivity index (χ2n) is 7.24. The van der Waals surface area contributed by atoms with Crippen molar-refractivity contribution in [2.45, 2.75) is 13.5 Å². The van der Waals surface area contributed by atoms with Crippen molar-refractivity contribution in [3.8, 4) is 17.0 Å². The molecule has 0 atom stereocenters. The minimum absolute atomic E-state index is 0.0936. The quantitative estimate of drug-likeness (QED) is 0.484. The van der Waals surface area contributed by atoms with Crippen molar-refractivity contribution in [3.05, 3.63) is 65.3 Å². The van der Waals surface area contributed by atoms with E-state index >= 15 is 0 Å². The summed E-state index contributed by atoms with van der Waals surface area (Å²) < 4.78 is 7.19. The predicted octanol–water partition coefficient (Wildman–Crippen LogP) is 4.35. The highest BCUT2D eigenvalue weighted by atomic mass is 35.5. The molecule has 8 nitrogen and oxygen atoms in total. The summed E-state index contributed by atoms with van der Waals surface area (Å²) in [7, 11) is 0.